The van der Waals surface area contributed by atoms with Crippen molar-refractivity contribution in [2.45, 2.75) is 12.8 Å². The van der Waals surface area contributed by atoms with Crippen LogP contribution >= 0.6 is 15.9 Å². The number of hydrogen-bond acceptors (Lipinski definition) is 2. The van der Waals surface area contributed by atoms with Crippen LogP contribution in [0.15, 0.2) is 53.1 Å². The Bertz CT molecular complexity index is 525. The van der Waals surface area contributed by atoms with Gasteiger partial charge in [-0.1, -0.05) is 30.3 Å². The molecule has 0 spiro atoms. The first-order valence-electron chi connectivity index (χ1n) is 5.64. The van der Waals surface area contributed by atoms with Gasteiger partial charge >= 0.3 is 0 Å². The molecule has 0 aliphatic carbocycles. The van der Waals surface area contributed by atoms with Gasteiger partial charge in [0.25, 0.3) is 0 Å². The Hall–Kier alpha value is -1.68. The molecule has 0 fully saturated rings. The molecule has 1 heterocycles. The van der Waals surface area contributed by atoms with E-state index < -0.39 is 0 Å². The molecule has 0 bridgehead atoms. The van der Waals surface area contributed by atoms with E-state index in [1.807, 2.05) is 43.3 Å². The zero-order valence-electron chi connectivity index (χ0n) is 9.93. The summed E-state index contributed by atoms with van der Waals surface area (Å²) >= 11 is 3.30. The number of nitrogens with zero attached hydrogens (tertiary/aromatic N) is 1. The number of amides is 1. The van der Waals surface area contributed by atoms with Crippen LogP contribution in [0.25, 0.3) is 0 Å². The van der Waals surface area contributed by atoms with Gasteiger partial charge in [-0.2, -0.15) is 0 Å². The quantitative estimate of drug-likeness (QED) is 0.941. The van der Waals surface area contributed by atoms with Gasteiger partial charge in [-0.15, -0.1) is 0 Å². The lowest BCUT2D eigenvalue weighted by Gasteiger charge is -2.11. The maximum atomic E-state index is 12.0. The van der Waals surface area contributed by atoms with Gasteiger partial charge in [-0.25, -0.2) is 4.98 Å². The van der Waals surface area contributed by atoms with E-state index >= 15 is 0 Å². The molecule has 92 valence electrons. The van der Waals surface area contributed by atoms with Gasteiger partial charge in [0.2, 0.25) is 5.91 Å². The molecule has 2 aromatic rings. The van der Waals surface area contributed by atoms with Crippen molar-refractivity contribution in [2.75, 3.05) is 5.32 Å². The molecule has 1 aromatic heterocycles. The maximum Gasteiger partial charge on any atom is 0.232 e. The van der Waals surface area contributed by atoms with Crippen molar-refractivity contribution in [3.05, 3.63) is 58.7 Å². The van der Waals surface area contributed by atoms with Crippen LogP contribution < -0.4 is 5.32 Å². The minimum absolute atomic E-state index is 0.0592. The summed E-state index contributed by atoms with van der Waals surface area (Å²) in [5, 5.41) is 2.80. The zero-order valence-corrected chi connectivity index (χ0v) is 11.5. The summed E-state index contributed by atoms with van der Waals surface area (Å²) in [6, 6.07) is 13.3. The van der Waals surface area contributed by atoms with Crippen molar-refractivity contribution >= 4 is 27.7 Å². The summed E-state index contributed by atoms with van der Waals surface area (Å²) in [7, 11) is 0. The molecule has 0 saturated carbocycles. The number of halogens is 1. The topological polar surface area (TPSA) is 42.0 Å². The van der Waals surface area contributed by atoms with Gasteiger partial charge in [0, 0.05) is 10.7 Å². The summed E-state index contributed by atoms with van der Waals surface area (Å²) in [5.41, 5.74) is 0.993. The molecule has 1 aromatic carbocycles. The fourth-order valence-corrected chi connectivity index (χ4v) is 1.81. The second-order valence-electron chi connectivity index (χ2n) is 3.98. The Balaban J connectivity index is 2.06. The highest BCUT2D eigenvalue weighted by Gasteiger charge is 2.15. The number of aromatic nitrogens is 1. The van der Waals surface area contributed by atoms with E-state index in [1.165, 1.54) is 0 Å². The van der Waals surface area contributed by atoms with Gasteiger partial charge in [0.1, 0.15) is 5.82 Å². The van der Waals surface area contributed by atoms with E-state index in [0.717, 1.165) is 10.0 Å². The molecule has 0 aliphatic rings. The SMILES string of the molecule is CC(C(=O)Nc1ccc(Br)cn1)c1ccccc1. The third-order valence-electron chi connectivity index (χ3n) is 2.67. The fourth-order valence-electron chi connectivity index (χ4n) is 1.58. The second kappa shape index (κ2) is 5.78. The van der Waals surface area contributed by atoms with Crippen LogP contribution in [0, 0.1) is 0 Å². The van der Waals surface area contributed by atoms with Crippen LogP contribution in [0.3, 0.4) is 0 Å². The molecule has 1 atom stereocenters. The lowest BCUT2D eigenvalue weighted by molar-refractivity contribution is -0.117. The molecule has 3 nitrogen and oxygen atoms in total. The van der Waals surface area contributed by atoms with Crippen LogP contribution in [-0.2, 0) is 4.79 Å². The highest BCUT2D eigenvalue weighted by Crippen LogP contribution is 2.17. The number of benzene rings is 1. The summed E-state index contributed by atoms with van der Waals surface area (Å²) < 4.78 is 0.886. The Labute approximate surface area is 114 Å². The summed E-state index contributed by atoms with van der Waals surface area (Å²) in [5.74, 6) is 0.304. The van der Waals surface area contributed by atoms with Crippen molar-refractivity contribution in [1.29, 1.82) is 0 Å². The fraction of sp³-hybridized carbons (Fsp3) is 0.143. The van der Waals surface area contributed by atoms with E-state index in [9.17, 15) is 4.79 Å². The van der Waals surface area contributed by atoms with E-state index in [1.54, 1.807) is 12.3 Å². The average Bonchev–Trinajstić information content (AvgIpc) is 2.41. The second-order valence-corrected chi connectivity index (χ2v) is 4.90. The first-order chi connectivity index (χ1) is 8.66. The molecule has 2 rings (SSSR count). The highest BCUT2D eigenvalue weighted by atomic mass is 79.9. The van der Waals surface area contributed by atoms with Gasteiger partial charge in [-0.3, -0.25) is 4.79 Å². The van der Waals surface area contributed by atoms with Gasteiger partial charge in [0.15, 0.2) is 0 Å². The Morgan fingerprint density at radius 1 is 1.22 bits per heavy atom. The predicted octanol–water partition coefficient (Wildman–Crippen LogP) is 3.59. The van der Waals surface area contributed by atoms with Crippen LogP contribution in [-0.4, -0.2) is 10.9 Å². The smallest absolute Gasteiger partial charge is 0.232 e. The van der Waals surface area contributed by atoms with E-state index in [-0.39, 0.29) is 11.8 Å². The predicted molar refractivity (Wildman–Crippen MR) is 75.4 cm³/mol. The Morgan fingerprint density at radius 3 is 2.56 bits per heavy atom. The number of nitrogens with one attached hydrogen (secondary N) is 1. The van der Waals surface area contributed by atoms with Crippen LogP contribution in [0.1, 0.15) is 18.4 Å². The van der Waals surface area contributed by atoms with Gasteiger partial charge in [-0.05, 0) is 40.5 Å². The normalized spacial score (nSPS) is 11.9. The van der Waals surface area contributed by atoms with Crippen molar-refractivity contribution in [3.8, 4) is 0 Å². The van der Waals surface area contributed by atoms with Crippen LogP contribution in [0.4, 0.5) is 5.82 Å². The van der Waals surface area contributed by atoms with E-state index in [2.05, 4.69) is 26.2 Å². The number of pyridine rings is 1. The van der Waals surface area contributed by atoms with Crippen LogP contribution in [0.5, 0.6) is 0 Å². The van der Waals surface area contributed by atoms with Crippen molar-refractivity contribution < 1.29 is 4.79 Å². The van der Waals surface area contributed by atoms with Gasteiger partial charge < -0.3 is 5.32 Å². The minimum atomic E-state index is -0.198. The van der Waals surface area contributed by atoms with Crippen molar-refractivity contribution in [2.24, 2.45) is 0 Å². The first kappa shape index (κ1) is 12.8. The van der Waals surface area contributed by atoms with E-state index in [4.69, 9.17) is 0 Å². The average molecular weight is 305 g/mol. The molecule has 0 aliphatic heterocycles. The van der Waals surface area contributed by atoms with E-state index in [0.29, 0.717) is 5.82 Å². The maximum absolute atomic E-state index is 12.0. The molecule has 4 heteroatoms. The molecule has 0 radical (unpaired) electrons. The molecular formula is C14H13BrN2O. The van der Waals surface area contributed by atoms with Crippen molar-refractivity contribution in [3.63, 3.8) is 0 Å². The van der Waals surface area contributed by atoms with Gasteiger partial charge in [0.05, 0.1) is 5.92 Å². The molecule has 0 saturated heterocycles. The number of carbonyl (C=O) groups is 1. The zero-order chi connectivity index (χ0) is 13.0. The summed E-state index contributed by atoms with van der Waals surface area (Å²) in [6.07, 6.45) is 1.66. The lowest BCUT2D eigenvalue weighted by Crippen LogP contribution is -2.19. The first-order valence-corrected chi connectivity index (χ1v) is 6.43. The molecular weight excluding hydrogens is 292 g/mol. The molecule has 1 amide bonds. The third-order valence-corrected chi connectivity index (χ3v) is 3.14. The number of rotatable bonds is 3. The van der Waals surface area contributed by atoms with Crippen LogP contribution in [0.2, 0.25) is 0 Å². The third kappa shape index (κ3) is 3.17. The Morgan fingerprint density at radius 2 is 1.94 bits per heavy atom. The standard InChI is InChI=1S/C14H13BrN2O/c1-10(11-5-3-2-4-6-11)14(18)17-13-8-7-12(15)9-16-13/h2-10H,1H3,(H,16,17,18). The molecule has 1 unspecified atom stereocenters. The molecule has 18 heavy (non-hydrogen) atoms. The highest BCUT2D eigenvalue weighted by molar-refractivity contribution is 9.10. The molecule has 1 N–H and O–H groups in total. The Kier molecular flexibility index (Phi) is 4.10. The number of hydrogen-bond donors (Lipinski definition) is 1. The summed E-state index contributed by atoms with van der Waals surface area (Å²) in [6.45, 7) is 1.88. The number of carbonyl (C=O) groups excluding carboxylic acids is 1. The largest absolute Gasteiger partial charge is 0.310 e. The minimum Gasteiger partial charge on any atom is -0.310 e. The van der Waals surface area contributed by atoms with Crippen molar-refractivity contribution in [1.82, 2.24) is 4.98 Å². The monoisotopic (exact) mass is 304 g/mol. The number of anilines is 1. The summed E-state index contributed by atoms with van der Waals surface area (Å²) in [4.78, 5) is 16.2. The lowest BCUT2D eigenvalue weighted by atomic mass is 10.0.